The number of carbonyl (C=O) groups excluding carboxylic acids is 1. The number of hydrogen-bond acceptors (Lipinski definition) is 5. The largest absolute Gasteiger partial charge is 0.497 e. The number of aromatic nitrogens is 3. The van der Waals surface area contributed by atoms with Crippen LogP contribution >= 0.6 is 0 Å². The average Bonchev–Trinajstić information content (AvgIpc) is 3.42. The first-order chi connectivity index (χ1) is 20.2. The summed E-state index contributed by atoms with van der Waals surface area (Å²) in [6.45, 7) is 7.87. The fraction of sp³-hybridized carbons (Fsp3) is 0.323. The number of alkyl halides is 3. The number of terminal acetylenes is 1. The molecule has 0 N–H and O–H groups in total. The number of rotatable bonds is 5. The van der Waals surface area contributed by atoms with Crippen LogP contribution < -0.4 is 4.74 Å². The van der Waals surface area contributed by atoms with E-state index in [1.54, 1.807) is 41.3 Å². The maximum absolute atomic E-state index is 14.2. The summed E-state index contributed by atoms with van der Waals surface area (Å²) < 4.78 is 61.6. The molecule has 1 fully saturated rings. The number of piperazine rings is 1. The number of halogens is 4. The molecule has 3 heterocycles. The molecule has 1 aliphatic rings. The van der Waals surface area contributed by atoms with Crippen molar-refractivity contribution in [2.45, 2.75) is 33.5 Å². The normalized spacial score (nSPS) is 13.5. The highest BCUT2D eigenvalue weighted by Crippen LogP contribution is 2.37. The van der Waals surface area contributed by atoms with Crippen molar-refractivity contribution in [3.8, 4) is 29.9 Å². The number of carbonyl (C=O) groups is 1. The Balaban J connectivity index is 0.00000116. The van der Waals surface area contributed by atoms with E-state index in [4.69, 9.17) is 4.74 Å². The van der Waals surface area contributed by atoms with Gasteiger partial charge in [-0.15, -0.1) is 12.8 Å². The zero-order chi connectivity index (χ0) is 31.0. The maximum Gasteiger partial charge on any atom is 0.433 e. The number of ether oxygens (including phenoxy) is 1. The molecule has 0 radical (unpaired) electrons. The molecule has 0 atom stereocenters. The minimum absolute atomic E-state index is 0.0113. The molecule has 7 nitrogen and oxygen atoms in total. The highest BCUT2D eigenvalue weighted by atomic mass is 19.4. The Morgan fingerprint density at radius 2 is 1.57 bits per heavy atom. The number of amides is 1. The monoisotopic (exact) mass is 583 g/mol. The van der Waals surface area contributed by atoms with Crippen LogP contribution in [0.5, 0.6) is 5.75 Å². The minimum atomic E-state index is -4.72. The van der Waals surface area contributed by atoms with E-state index in [2.05, 4.69) is 27.8 Å². The highest BCUT2D eigenvalue weighted by Gasteiger charge is 2.39. The molecule has 0 unspecified atom stereocenters. The Labute approximate surface area is 242 Å². The third-order valence-corrected chi connectivity index (χ3v) is 6.73. The van der Waals surface area contributed by atoms with Crippen LogP contribution in [0.3, 0.4) is 0 Å². The van der Waals surface area contributed by atoms with Gasteiger partial charge in [-0.1, -0.05) is 26.0 Å². The highest BCUT2D eigenvalue weighted by molar-refractivity contribution is 6.00. The molecule has 1 amide bonds. The number of hydrogen-bond donors (Lipinski definition) is 0. The average molecular weight is 584 g/mol. The minimum Gasteiger partial charge on any atom is -0.497 e. The third-order valence-electron chi connectivity index (χ3n) is 6.73. The number of methoxy groups -OCH3 is 1. The van der Waals surface area contributed by atoms with E-state index in [0.717, 1.165) is 11.8 Å². The van der Waals surface area contributed by atoms with Gasteiger partial charge in [-0.05, 0) is 48.9 Å². The van der Waals surface area contributed by atoms with Crippen molar-refractivity contribution < 1.29 is 27.1 Å². The van der Waals surface area contributed by atoms with Crippen molar-refractivity contribution in [2.75, 3.05) is 33.3 Å². The van der Waals surface area contributed by atoms with Gasteiger partial charge in [-0.2, -0.15) is 18.3 Å². The lowest BCUT2D eigenvalue weighted by Gasteiger charge is -2.34. The lowest BCUT2D eigenvalue weighted by Crippen LogP contribution is -2.48. The van der Waals surface area contributed by atoms with Crippen molar-refractivity contribution in [3.63, 3.8) is 0 Å². The molecule has 5 rings (SSSR count). The second-order valence-corrected chi connectivity index (χ2v) is 9.15. The molecule has 0 bridgehead atoms. The summed E-state index contributed by atoms with van der Waals surface area (Å²) >= 11 is 0. The number of benzene rings is 2. The van der Waals surface area contributed by atoms with E-state index in [0.29, 0.717) is 48.6 Å². The van der Waals surface area contributed by atoms with Gasteiger partial charge < -0.3 is 9.64 Å². The van der Waals surface area contributed by atoms with Gasteiger partial charge in [0.2, 0.25) is 0 Å². The fourth-order valence-electron chi connectivity index (χ4n) is 4.71. The second kappa shape index (κ2) is 14.0. The van der Waals surface area contributed by atoms with Gasteiger partial charge in [0.25, 0.3) is 5.91 Å². The topological polar surface area (TPSA) is 63.0 Å². The summed E-state index contributed by atoms with van der Waals surface area (Å²) in [6, 6.07) is 12.8. The zero-order valence-electron chi connectivity index (χ0n) is 24.0. The zero-order valence-corrected chi connectivity index (χ0v) is 24.0. The Bertz CT molecular complexity index is 1510. The fourth-order valence-corrected chi connectivity index (χ4v) is 4.71. The molecule has 0 saturated carbocycles. The van der Waals surface area contributed by atoms with Crippen LogP contribution in [0.2, 0.25) is 0 Å². The van der Waals surface area contributed by atoms with E-state index >= 15 is 0 Å². The van der Waals surface area contributed by atoms with Crippen molar-refractivity contribution in [1.82, 2.24) is 24.4 Å². The Morgan fingerprint density at radius 3 is 2.12 bits per heavy atom. The number of fused-ring (bicyclic) bond motifs is 1. The van der Waals surface area contributed by atoms with Crippen molar-refractivity contribution in [2.24, 2.45) is 0 Å². The Hall–Kier alpha value is -4.43. The lowest BCUT2D eigenvalue weighted by atomic mass is 10.0. The SMILES string of the molecule is C#C.CC.COc1ccc(-c2nc3c(C(=O)N4CCN(Cc5ccc(F)cc5)CC4)cnn3c(C(F)(F)F)c2C)cc1. The molecule has 1 saturated heterocycles. The first-order valence-electron chi connectivity index (χ1n) is 13.3. The van der Waals surface area contributed by atoms with Gasteiger partial charge in [0.15, 0.2) is 11.3 Å². The van der Waals surface area contributed by atoms with Crippen LogP contribution in [0.15, 0.2) is 54.7 Å². The van der Waals surface area contributed by atoms with Crippen LogP contribution in [-0.2, 0) is 12.7 Å². The Kier molecular flexibility index (Phi) is 10.7. The predicted octanol–water partition coefficient (Wildman–Crippen LogP) is 6.10. The van der Waals surface area contributed by atoms with Crippen LogP contribution in [0.4, 0.5) is 17.6 Å². The predicted molar refractivity (Wildman–Crippen MR) is 154 cm³/mol. The molecular formula is C31H33F4N5O2. The molecule has 2 aromatic carbocycles. The second-order valence-electron chi connectivity index (χ2n) is 9.15. The number of nitrogens with zero attached hydrogens (tertiary/aromatic N) is 5. The molecular weight excluding hydrogens is 550 g/mol. The van der Waals surface area contributed by atoms with E-state index in [-0.39, 0.29) is 28.3 Å². The van der Waals surface area contributed by atoms with Gasteiger partial charge >= 0.3 is 6.18 Å². The lowest BCUT2D eigenvalue weighted by molar-refractivity contribution is -0.143. The first-order valence-corrected chi connectivity index (χ1v) is 13.3. The van der Waals surface area contributed by atoms with Crippen molar-refractivity contribution >= 4 is 11.6 Å². The van der Waals surface area contributed by atoms with Crippen molar-refractivity contribution in [1.29, 1.82) is 0 Å². The molecule has 4 aromatic rings. The standard InChI is InChI=1S/C27H25F4N5O2.C2H6.C2H2/c1-17-23(19-5-9-21(38-2)10-6-19)33-25-22(15-32-36(25)24(17)27(29,30)31)26(37)35-13-11-34(12-14-35)16-18-3-7-20(28)8-4-18;2*1-2/h3-10,15H,11-14,16H2,1-2H3;1-2H3;1-2H. The van der Waals surface area contributed by atoms with Crippen LogP contribution in [0, 0.1) is 25.6 Å². The summed E-state index contributed by atoms with van der Waals surface area (Å²) in [4.78, 5) is 21.7. The smallest absolute Gasteiger partial charge is 0.433 e. The molecule has 1 aliphatic heterocycles. The van der Waals surface area contributed by atoms with E-state index in [1.807, 2.05) is 13.8 Å². The van der Waals surface area contributed by atoms with Gasteiger partial charge in [0.1, 0.15) is 17.1 Å². The van der Waals surface area contributed by atoms with E-state index in [9.17, 15) is 22.4 Å². The third kappa shape index (κ3) is 6.89. The molecule has 0 spiro atoms. The summed E-state index contributed by atoms with van der Waals surface area (Å²) in [5.41, 5.74) is 0.337. The van der Waals surface area contributed by atoms with Crippen molar-refractivity contribution in [3.05, 3.63) is 82.9 Å². The first kappa shape index (κ1) is 32.1. The molecule has 222 valence electrons. The van der Waals surface area contributed by atoms with Gasteiger partial charge in [-0.25, -0.2) is 13.9 Å². The summed E-state index contributed by atoms with van der Waals surface area (Å²) in [7, 11) is 1.50. The summed E-state index contributed by atoms with van der Waals surface area (Å²) in [6.07, 6.45) is 4.44. The van der Waals surface area contributed by atoms with E-state index < -0.39 is 17.8 Å². The van der Waals surface area contributed by atoms with Crippen LogP contribution in [0.25, 0.3) is 16.9 Å². The van der Waals surface area contributed by atoms with Crippen LogP contribution in [-0.4, -0.2) is 63.6 Å². The van der Waals surface area contributed by atoms with E-state index in [1.165, 1.54) is 26.2 Å². The molecule has 11 heteroatoms. The van der Waals surface area contributed by atoms with Gasteiger partial charge in [-0.3, -0.25) is 9.69 Å². The molecule has 42 heavy (non-hydrogen) atoms. The maximum atomic E-state index is 14.2. The van der Waals surface area contributed by atoms with Gasteiger partial charge in [0.05, 0.1) is 19.0 Å². The Morgan fingerprint density at radius 1 is 0.976 bits per heavy atom. The van der Waals surface area contributed by atoms with Crippen LogP contribution in [0.1, 0.15) is 41.0 Å². The molecule has 2 aromatic heterocycles. The quantitative estimate of drug-likeness (QED) is 0.210. The van der Waals surface area contributed by atoms with Gasteiger partial charge in [0, 0.05) is 43.9 Å². The summed E-state index contributed by atoms with van der Waals surface area (Å²) in [5, 5.41) is 3.93. The summed E-state index contributed by atoms with van der Waals surface area (Å²) in [5.74, 6) is -0.167. The molecule has 0 aliphatic carbocycles.